The molecule has 0 aromatic carbocycles. The van der Waals surface area contributed by atoms with Crippen LogP contribution in [0.15, 0.2) is 12.7 Å². The Balaban J connectivity index is 2.45. The van der Waals surface area contributed by atoms with Gasteiger partial charge >= 0.3 is 0 Å². The quantitative estimate of drug-likeness (QED) is 0.574. The highest BCUT2D eigenvalue weighted by Gasteiger charge is 2.19. The molecule has 1 fully saturated rings. The van der Waals surface area contributed by atoms with E-state index in [-0.39, 0.29) is 5.91 Å². The highest BCUT2D eigenvalue weighted by atomic mass is 16.2. The van der Waals surface area contributed by atoms with Crippen LogP contribution in [0, 0.1) is 5.92 Å². The van der Waals surface area contributed by atoms with E-state index >= 15 is 0 Å². The van der Waals surface area contributed by atoms with Gasteiger partial charge in [0.15, 0.2) is 0 Å². The van der Waals surface area contributed by atoms with E-state index in [0.717, 1.165) is 19.5 Å². The monoisotopic (exact) mass is 167 g/mol. The van der Waals surface area contributed by atoms with Crippen LogP contribution in [0.4, 0.5) is 0 Å². The van der Waals surface area contributed by atoms with Crippen LogP contribution in [0.1, 0.15) is 26.2 Å². The van der Waals surface area contributed by atoms with Crippen LogP contribution in [-0.2, 0) is 4.79 Å². The lowest BCUT2D eigenvalue weighted by Crippen LogP contribution is -2.38. The summed E-state index contributed by atoms with van der Waals surface area (Å²) in [6.45, 7) is 7.51. The first kappa shape index (κ1) is 9.30. The predicted molar refractivity (Wildman–Crippen MR) is 49.8 cm³/mol. The maximum absolute atomic E-state index is 11.3. The lowest BCUT2D eigenvalue weighted by Gasteiger charge is -2.31. The lowest BCUT2D eigenvalue weighted by molar-refractivity contribution is -0.132. The third-order valence-corrected chi connectivity index (χ3v) is 2.45. The number of amides is 1. The molecule has 1 rings (SSSR count). The van der Waals surface area contributed by atoms with E-state index in [2.05, 4.69) is 6.58 Å². The van der Waals surface area contributed by atoms with Crippen LogP contribution in [0.5, 0.6) is 0 Å². The summed E-state index contributed by atoms with van der Waals surface area (Å²) in [7, 11) is 0. The first-order valence-corrected chi connectivity index (χ1v) is 4.68. The largest absolute Gasteiger partial charge is 0.342 e. The number of carbonyl (C=O) groups excluding carboxylic acids is 1. The van der Waals surface area contributed by atoms with E-state index in [1.54, 1.807) is 0 Å². The van der Waals surface area contributed by atoms with Crippen molar-refractivity contribution in [2.75, 3.05) is 13.1 Å². The van der Waals surface area contributed by atoms with Crippen molar-refractivity contribution in [3.8, 4) is 0 Å². The molecule has 2 heteroatoms. The number of hydrogen-bond acceptors (Lipinski definition) is 1. The molecule has 1 saturated heterocycles. The SMILES string of the molecule is C=CC1CCCN(C(=O)CC)C1. The van der Waals surface area contributed by atoms with Crippen molar-refractivity contribution in [3.63, 3.8) is 0 Å². The summed E-state index contributed by atoms with van der Waals surface area (Å²) in [5.74, 6) is 0.802. The number of carbonyl (C=O) groups is 1. The number of nitrogens with zero attached hydrogens (tertiary/aromatic N) is 1. The van der Waals surface area contributed by atoms with Gasteiger partial charge in [-0.2, -0.15) is 0 Å². The van der Waals surface area contributed by atoms with E-state index in [0.29, 0.717) is 12.3 Å². The normalized spacial score (nSPS) is 23.8. The average Bonchev–Trinajstić information content (AvgIpc) is 2.17. The Morgan fingerprint density at radius 2 is 2.50 bits per heavy atom. The summed E-state index contributed by atoms with van der Waals surface area (Å²) < 4.78 is 0. The van der Waals surface area contributed by atoms with E-state index in [4.69, 9.17) is 0 Å². The Labute approximate surface area is 74.2 Å². The highest BCUT2D eigenvalue weighted by molar-refractivity contribution is 5.75. The van der Waals surface area contributed by atoms with Gasteiger partial charge in [0.2, 0.25) is 5.91 Å². The van der Waals surface area contributed by atoms with Gasteiger partial charge in [-0.25, -0.2) is 0 Å². The van der Waals surface area contributed by atoms with Crippen LogP contribution >= 0.6 is 0 Å². The molecule has 0 bridgehead atoms. The van der Waals surface area contributed by atoms with Gasteiger partial charge in [-0.15, -0.1) is 6.58 Å². The molecule has 2 nitrogen and oxygen atoms in total. The van der Waals surface area contributed by atoms with Crippen LogP contribution in [0.3, 0.4) is 0 Å². The summed E-state index contributed by atoms with van der Waals surface area (Å²) in [5, 5.41) is 0. The van der Waals surface area contributed by atoms with Gasteiger partial charge in [0.25, 0.3) is 0 Å². The molecule has 0 spiro atoms. The van der Waals surface area contributed by atoms with Gasteiger partial charge in [-0.3, -0.25) is 4.79 Å². The molecular formula is C10H17NO. The molecule has 0 aromatic rings. The number of rotatable bonds is 2. The van der Waals surface area contributed by atoms with Crippen LogP contribution in [0.25, 0.3) is 0 Å². The molecule has 1 amide bonds. The van der Waals surface area contributed by atoms with Gasteiger partial charge in [-0.1, -0.05) is 13.0 Å². The summed E-state index contributed by atoms with van der Waals surface area (Å²) in [4.78, 5) is 13.3. The van der Waals surface area contributed by atoms with Gasteiger partial charge < -0.3 is 4.90 Å². The molecule has 0 radical (unpaired) electrons. The maximum atomic E-state index is 11.3. The second-order valence-corrected chi connectivity index (χ2v) is 3.33. The summed E-state index contributed by atoms with van der Waals surface area (Å²) in [5.41, 5.74) is 0. The van der Waals surface area contributed by atoms with Gasteiger partial charge in [0.1, 0.15) is 0 Å². The van der Waals surface area contributed by atoms with E-state index < -0.39 is 0 Å². The molecule has 1 unspecified atom stereocenters. The lowest BCUT2D eigenvalue weighted by atomic mass is 9.98. The van der Waals surface area contributed by atoms with Crippen molar-refractivity contribution >= 4 is 5.91 Å². The minimum atomic E-state index is 0.279. The molecule has 0 N–H and O–H groups in total. The zero-order valence-corrected chi connectivity index (χ0v) is 7.75. The van der Waals surface area contributed by atoms with E-state index in [9.17, 15) is 4.79 Å². The van der Waals surface area contributed by atoms with Crippen molar-refractivity contribution in [2.45, 2.75) is 26.2 Å². The topological polar surface area (TPSA) is 20.3 Å². The zero-order valence-electron chi connectivity index (χ0n) is 7.75. The smallest absolute Gasteiger partial charge is 0.222 e. The molecular weight excluding hydrogens is 150 g/mol. The molecule has 1 heterocycles. The fraction of sp³-hybridized carbons (Fsp3) is 0.700. The molecule has 1 aliphatic heterocycles. The van der Waals surface area contributed by atoms with Gasteiger partial charge in [0, 0.05) is 19.5 Å². The Morgan fingerprint density at radius 3 is 3.08 bits per heavy atom. The van der Waals surface area contributed by atoms with E-state index in [1.807, 2.05) is 17.9 Å². The molecule has 68 valence electrons. The number of hydrogen-bond donors (Lipinski definition) is 0. The highest BCUT2D eigenvalue weighted by Crippen LogP contribution is 2.17. The minimum absolute atomic E-state index is 0.279. The van der Waals surface area contributed by atoms with Crippen molar-refractivity contribution in [1.29, 1.82) is 0 Å². The molecule has 0 aliphatic carbocycles. The average molecular weight is 167 g/mol. The first-order chi connectivity index (χ1) is 5.77. The zero-order chi connectivity index (χ0) is 8.97. The summed E-state index contributed by atoms with van der Waals surface area (Å²) >= 11 is 0. The first-order valence-electron chi connectivity index (χ1n) is 4.68. The van der Waals surface area contributed by atoms with Crippen LogP contribution in [0.2, 0.25) is 0 Å². The van der Waals surface area contributed by atoms with Crippen molar-refractivity contribution in [1.82, 2.24) is 4.90 Å². The van der Waals surface area contributed by atoms with Crippen molar-refractivity contribution in [2.24, 2.45) is 5.92 Å². The molecule has 0 aromatic heterocycles. The Hall–Kier alpha value is -0.790. The van der Waals surface area contributed by atoms with Gasteiger partial charge in [-0.05, 0) is 18.8 Å². The van der Waals surface area contributed by atoms with Gasteiger partial charge in [0.05, 0.1) is 0 Å². The van der Waals surface area contributed by atoms with Crippen LogP contribution < -0.4 is 0 Å². The molecule has 0 saturated carbocycles. The maximum Gasteiger partial charge on any atom is 0.222 e. The summed E-state index contributed by atoms with van der Waals surface area (Å²) in [6.07, 6.45) is 4.92. The molecule has 1 atom stereocenters. The Bertz CT molecular complexity index is 177. The number of likely N-dealkylation sites (tertiary alicyclic amines) is 1. The second-order valence-electron chi connectivity index (χ2n) is 3.33. The molecule has 1 aliphatic rings. The summed E-state index contributed by atoms with van der Waals surface area (Å²) in [6, 6.07) is 0. The Morgan fingerprint density at radius 1 is 1.75 bits per heavy atom. The molecule has 12 heavy (non-hydrogen) atoms. The minimum Gasteiger partial charge on any atom is -0.342 e. The van der Waals surface area contributed by atoms with Crippen molar-refractivity contribution < 1.29 is 4.79 Å². The Kier molecular flexibility index (Phi) is 3.32. The van der Waals surface area contributed by atoms with Crippen molar-refractivity contribution in [3.05, 3.63) is 12.7 Å². The third-order valence-electron chi connectivity index (χ3n) is 2.45. The second kappa shape index (κ2) is 4.29. The fourth-order valence-electron chi connectivity index (χ4n) is 1.65. The van der Waals surface area contributed by atoms with Crippen LogP contribution in [-0.4, -0.2) is 23.9 Å². The number of piperidine rings is 1. The standard InChI is InChI=1S/C10H17NO/c1-3-9-6-5-7-11(8-9)10(12)4-2/h3,9H,1,4-8H2,2H3. The van der Waals surface area contributed by atoms with E-state index in [1.165, 1.54) is 6.42 Å². The fourth-order valence-corrected chi connectivity index (χ4v) is 1.65. The predicted octanol–water partition coefficient (Wildman–Crippen LogP) is 1.82. The third kappa shape index (κ3) is 2.10.